The highest BCUT2D eigenvalue weighted by atomic mass is 16.5. The fraction of sp³-hybridized carbons (Fsp3) is 0.750. The van der Waals surface area contributed by atoms with E-state index in [4.69, 9.17) is 14.6 Å². The summed E-state index contributed by atoms with van der Waals surface area (Å²) < 4.78 is 10.9. The molecular weight excluding hydrogens is 334 g/mol. The van der Waals surface area contributed by atoms with Gasteiger partial charge in [0, 0.05) is 12.5 Å². The zero-order valence-electron chi connectivity index (χ0n) is 14.6. The number of aliphatic carboxylic acids is 1. The molecule has 25 heavy (non-hydrogen) atoms. The van der Waals surface area contributed by atoms with Crippen LogP contribution in [0.4, 0.5) is 0 Å². The first kappa shape index (κ1) is 21.4. The summed E-state index contributed by atoms with van der Waals surface area (Å²) in [5.74, 6) is -2.53. The van der Waals surface area contributed by atoms with Crippen molar-refractivity contribution in [2.75, 3.05) is 13.2 Å². The molecule has 0 aromatic heterocycles. The molecule has 9 heteroatoms. The fourth-order valence-electron chi connectivity index (χ4n) is 2.33. The molecule has 1 rings (SSSR count). The second-order valence-corrected chi connectivity index (χ2v) is 6.18. The van der Waals surface area contributed by atoms with Gasteiger partial charge in [0.25, 0.3) is 0 Å². The van der Waals surface area contributed by atoms with Gasteiger partial charge in [-0.1, -0.05) is 20.8 Å². The first-order chi connectivity index (χ1) is 11.7. The number of carbonyl (C=O) groups excluding carboxylic acids is 1. The molecule has 0 bridgehead atoms. The lowest BCUT2D eigenvalue weighted by Crippen LogP contribution is -2.61. The second-order valence-electron chi connectivity index (χ2n) is 6.18. The van der Waals surface area contributed by atoms with Crippen molar-refractivity contribution in [1.29, 1.82) is 0 Å². The van der Waals surface area contributed by atoms with Gasteiger partial charge in [-0.05, 0) is 12.5 Å². The minimum absolute atomic E-state index is 0.299. The highest BCUT2D eigenvalue weighted by Crippen LogP contribution is 2.25. The van der Waals surface area contributed by atoms with E-state index in [2.05, 4.69) is 5.32 Å². The summed E-state index contributed by atoms with van der Waals surface area (Å²) in [7, 11) is 0. The summed E-state index contributed by atoms with van der Waals surface area (Å²) in [6.07, 6.45) is -3.49. The van der Waals surface area contributed by atoms with Gasteiger partial charge in [-0.2, -0.15) is 0 Å². The monoisotopic (exact) mass is 361 g/mol. The van der Waals surface area contributed by atoms with E-state index in [1.807, 2.05) is 6.92 Å². The Morgan fingerprint density at radius 2 is 2.00 bits per heavy atom. The van der Waals surface area contributed by atoms with Crippen molar-refractivity contribution in [2.24, 2.45) is 5.92 Å². The minimum Gasteiger partial charge on any atom is -0.478 e. The summed E-state index contributed by atoms with van der Waals surface area (Å²) in [5, 5.41) is 40.9. The number of carbonyl (C=O) groups is 2. The van der Waals surface area contributed by atoms with Gasteiger partial charge in [0.2, 0.25) is 11.7 Å². The van der Waals surface area contributed by atoms with Gasteiger partial charge in [-0.3, -0.25) is 4.79 Å². The predicted molar refractivity (Wildman–Crippen MR) is 86.5 cm³/mol. The molecule has 144 valence electrons. The van der Waals surface area contributed by atoms with Crippen LogP contribution in [-0.2, 0) is 19.1 Å². The number of carboxylic acid groups (broad SMARTS) is 1. The van der Waals surface area contributed by atoms with Crippen LogP contribution in [0.15, 0.2) is 11.8 Å². The molecule has 1 aliphatic heterocycles. The van der Waals surface area contributed by atoms with Crippen LogP contribution >= 0.6 is 0 Å². The molecule has 0 radical (unpaired) electrons. The predicted octanol–water partition coefficient (Wildman–Crippen LogP) is -0.996. The van der Waals surface area contributed by atoms with Crippen LogP contribution in [0.2, 0.25) is 0 Å². The maximum Gasteiger partial charge on any atom is 0.370 e. The topological polar surface area (TPSA) is 146 Å². The highest BCUT2D eigenvalue weighted by molar-refractivity contribution is 5.85. The maximum absolute atomic E-state index is 12.1. The van der Waals surface area contributed by atoms with Gasteiger partial charge in [0.1, 0.15) is 18.3 Å². The molecule has 0 aromatic rings. The molecule has 0 aliphatic carbocycles. The van der Waals surface area contributed by atoms with Crippen LogP contribution in [0.25, 0.3) is 0 Å². The van der Waals surface area contributed by atoms with Gasteiger partial charge in [-0.25, -0.2) is 4.79 Å². The molecule has 1 heterocycles. The summed E-state index contributed by atoms with van der Waals surface area (Å²) in [5.41, 5.74) is 0. The number of hydrogen-bond donors (Lipinski definition) is 5. The van der Waals surface area contributed by atoms with E-state index in [0.717, 1.165) is 0 Å². The van der Waals surface area contributed by atoms with Crippen molar-refractivity contribution in [2.45, 2.75) is 57.6 Å². The standard InChI is InChI=1S/C16H27NO8/c1-4-5-24-10-6-11(16(22)23)25-14(13(20)9(19)7-18)12(10)17-15(21)8(2)3/h6,8-10,12-14,18-20H,4-5,7H2,1-3H3,(H,17,21)(H,22,23)/t9-,10-,12-,13-,14-/m1/s1. The smallest absolute Gasteiger partial charge is 0.370 e. The molecule has 1 aliphatic rings. The number of nitrogens with one attached hydrogen (secondary N) is 1. The van der Waals surface area contributed by atoms with E-state index in [1.165, 1.54) is 6.08 Å². The molecule has 0 fully saturated rings. The third kappa shape index (κ3) is 5.67. The average molecular weight is 361 g/mol. The van der Waals surface area contributed by atoms with Crippen LogP contribution in [0.1, 0.15) is 27.2 Å². The Labute approximate surface area is 146 Å². The average Bonchev–Trinajstić information content (AvgIpc) is 2.58. The first-order valence-corrected chi connectivity index (χ1v) is 8.23. The summed E-state index contributed by atoms with van der Waals surface area (Å²) >= 11 is 0. The third-order valence-electron chi connectivity index (χ3n) is 3.76. The van der Waals surface area contributed by atoms with Gasteiger partial charge in [0.15, 0.2) is 6.10 Å². The molecule has 0 spiro atoms. The Kier molecular flexibility index (Phi) is 8.30. The fourth-order valence-corrected chi connectivity index (χ4v) is 2.33. The van der Waals surface area contributed by atoms with E-state index >= 15 is 0 Å². The van der Waals surface area contributed by atoms with E-state index < -0.39 is 48.8 Å². The van der Waals surface area contributed by atoms with Crippen LogP contribution in [-0.4, -0.2) is 76.0 Å². The largest absolute Gasteiger partial charge is 0.478 e. The van der Waals surface area contributed by atoms with Crippen molar-refractivity contribution in [1.82, 2.24) is 5.32 Å². The van der Waals surface area contributed by atoms with Crippen LogP contribution < -0.4 is 5.32 Å². The Balaban J connectivity index is 3.19. The lowest BCUT2D eigenvalue weighted by atomic mass is 9.93. The SMILES string of the molecule is CCCO[C@@H]1C=C(C(=O)O)O[C@@H]([C@H](O)[C@H](O)CO)[C@@H]1NC(=O)C(C)C. The Morgan fingerprint density at radius 1 is 1.36 bits per heavy atom. The summed E-state index contributed by atoms with van der Waals surface area (Å²) in [6.45, 7) is 4.76. The minimum atomic E-state index is -1.63. The number of carboxylic acids is 1. The number of amides is 1. The number of aliphatic hydroxyl groups is 3. The number of hydrogen-bond acceptors (Lipinski definition) is 7. The Bertz CT molecular complexity index is 493. The first-order valence-electron chi connectivity index (χ1n) is 8.23. The van der Waals surface area contributed by atoms with E-state index in [9.17, 15) is 24.9 Å². The normalized spacial score (nSPS) is 25.7. The number of rotatable bonds is 9. The number of ether oxygens (including phenoxy) is 2. The summed E-state index contributed by atoms with van der Waals surface area (Å²) in [4.78, 5) is 23.4. The quantitative estimate of drug-likeness (QED) is 0.352. The Hall–Kier alpha value is -1.68. The van der Waals surface area contributed by atoms with Gasteiger partial charge >= 0.3 is 5.97 Å². The molecule has 0 saturated heterocycles. The van der Waals surface area contributed by atoms with Crippen LogP contribution in [0.5, 0.6) is 0 Å². The van der Waals surface area contributed by atoms with Crippen LogP contribution in [0.3, 0.4) is 0 Å². The summed E-state index contributed by atoms with van der Waals surface area (Å²) in [6, 6.07) is -0.930. The maximum atomic E-state index is 12.1. The molecule has 9 nitrogen and oxygen atoms in total. The van der Waals surface area contributed by atoms with Crippen molar-refractivity contribution in [3.63, 3.8) is 0 Å². The van der Waals surface area contributed by atoms with Crippen molar-refractivity contribution < 1.29 is 39.5 Å². The van der Waals surface area contributed by atoms with E-state index in [1.54, 1.807) is 13.8 Å². The van der Waals surface area contributed by atoms with Gasteiger partial charge in [0.05, 0.1) is 12.6 Å². The zero-order chi connectivity index (χ0) is 19.1. The van der Waals surface area contributed by atoms with Crippen LogP contribution in [0, 0.1) is 5.92 Å². The molecule has 5 N–H and O–H groups in total. The third-order valence-corrected chi connectivity index (χ3v) is 3.76. The van der Waals surface area contributed by atoms with Crippen molar-refractivity contribution >= 4 is 11.9 Å². The van der Waals surface area contributed by atoms with E-state index in [0.29, 0.717) is 13.0 Å². The lowest BCUT2D eigenvalue weighted by molar-refractivity contribution is -0.152. The molecular formula is C16H27NO8. The zero-order valence-corrected chi connectivity index (χ0v) is 14.6. The Morgan fingerprint density at radius 3 is 2.48 bits per heavy atom. The molecule has 0 unspecified atom stereocenters. The van der Waals surface area contributed by atoms with Crippen molar-refractivity contribution in [3.8, 4) is 0 Å². The molecule has 0 aromatic carbocycles. The highest BCUT2D eigenvalue weighted by Gasteiger charge is 2.44. The molecule has 1 amide bonds. The molecule has 5 atom stereocenters. The second kappa shape index (κ2) is 9.71. The number of aliphatic hydroxyl groups excluding tert-OH is 3. The van der Waals surface area contributed by atoms with Gasteiger partial charge < -0.3 is 35.2 Å². The molecule has 0 saturated carbocycles. The van der Waals surface area contributed by atoms with Gasteiger partial charge in [-0.15, -0.1) is 0 Å². The van der Waals surface area contributed by atoms with Crippen molar-refractivity contribution in [3.05, 3.63) is 11.8 Å². The van der Waals surface area contributed by atoms with E-state index in [-0.39, 0.29) is 11.8 Å². The lowest BCUT2D eigenvalue weighted by Gasteiger charge is -2.40.